The minimum Gasteiger partial charge on any atom is -0.488 e. The van der Waals surface area contributed by atoms with Gasteiger partial charge in [-0.1, -0.05) is 24.3 Å². The molecule has 0 radical (unpaired) electrons. The van der Waals surface area contributed by atoms with E-state index in [-0.39, 0.29) is 37.0 Å². The zero-order valence-electron chi connectivity index (χ0n) is 22.7. The molecule has 41 heavy (non-hydrogen) atoms. The van der Waals surface area contributed by atoms with Gasteiger partial charge in [0.05, 0.1) is 11.6 Å². The number of carbonyl (C=O) groups is 3. The second-order valence-electron chi connectivity index (χ2n) is 10.3. The van der Waals surface area contributed by atoms with Crippen LogP contribution in [0.4, 0.5) is 0 Å². The summed E-state index contributed by atoms with van der Waals surface area (Å²) in [6, 6.07) is 17.3. The van der Waals surface area contributed by atoms with Gasteiger partial charge in [-0.3, -0.25) is 14.4 Å². The Morgan fingerprint density at radius 3 is 2.63 bits per heavy atom. The minimum absolute atomic E-state index is 0.174. The zero-order valence-corrected chi connectivity index (χ0v) is 22.7. The Labute approximate surface area is 237 Å². The number of nitrogens with zero attached hydrogens (tertiary/aromatic N) is 1. The molecule has 10 heteroatoms. The highest BCUT2D eigenvalue weighted by molar-refractivity contribution is 5.98. The molecule has 7 rings (SSSR count). The van der Waals surface area contributed by atoms with Crippen molar-refractivity contribution in [1.82, 2.24) is 15.5 Å². The third kappa shape index (κ3) is 5.77. The average molecular weight is 558 g/mol. The van der Waals surface area contributed by atoms with Crippen LogP contribution in [0.1, 0.15) is 38.3 Å². The van der Waals surface area contributed by atoms with Crippen molar-refractivity contribution in [2.24, 2.45) is 0 Å². The fraction of sp³-hybridized carbons (Fsp3) is 0.323. The Hall–Kier alpha value is -4.73. The van der Waals surface area contributed by atoms with Crippen molar-refractivity contribution in [2.75, 3.05) is 32.9 Å². The van der Waals surface area contributed by atoms with Crippen molar-refractivity contribution in [1.29, 1.82) is 0 Å². The molecule has 0 aromatic heterocycles. The first-order chi connectivity index (χ1) is 19.9. The minimum atomic E-state index is -0.499. The first kappa shape index (κ1) is 26.5. The number of carbonyl (C=O) groups excluding carboxylic acids is 3. The molecule has 0 spiro atoms. The van der Waals surface area contributed by atoms with E-state index in [1.807, 2.05) is 31.2 Å². The van der Waals surface area contributed by atoms with Crippen LogP contribution in [0.2, 0.25) is 0 Å². The second kappa shape index (κ2) is 11.4. The summed E-state index contributed by atoms with van der Waals surface area (Å²) in [5, 5.41) is 5.94. The Balaban J connectivity index is 1.29. The van der Waals surface area contributed by atoms with E-state index >= 15 is 0 Å². The zero-order chi connectivity index (χ0) is 28.3. The van der Waals surface area contributed by atoms with Gasteiger partial charge in [0, 0.05) is 31.6 Å². The number of benzene rings is 3. The lowest BCUT2D eigenvalue weighted by atomic mass is 9.99. The summed E-state index contributed by atoms with van der Waals surface area (Å²) >= 11 is 0. The average Bonchev–Trinajstić information content (AvgIpc) is 3.00. The molecule has 1 saturated heterocycles. The molecule has 0 unspecified atom stereocenters. The number of para-hydroxylation sites is 1. The van der Waals surface area contributed by atoms with Gasteiger partial charge < -0.3 is 34.5 Å². The molecule has 4 aliphatic rings. The number of piperidine rings is 1. The van der Waals surface area contributed by atoms with Gasteiger partial charge in [-0.15, -0.1) is 0 Å². The van der Waals surface area contributed by atoms with E-state index in [9.17, 15) is 14.4 Å². The van der Waals surface area contributed by atoms with Gasteiger partial charge >= 0.3 is 0 Å². The third-order valence-electron chi connectivity index (χ3n) is 7.46. The monoisotopic (exact) mass is 557 g/mol. The Bertz CT molecular complexity index is 1470. The fourth-order valence-electron chi connectivity index (χ4n) is 5.21. The molecular weight excluding hydrogens is 526 g/mol. The number of rotatable bonds is 1. The second-order valence-corrected chi connectivity index (χ2v) is 10.3. The number of aryl methyl sites for hydroxylation is 1. The van der Waals surface area contributed by atoms with Crippen LogP contribution in [0.5, 0.6) is 23.0 Å². The van der Waals surface area contributed by atoms with E-state index in [1.165, 1.54) is 0 Å². The van der Waals surface area contributed by atoms with E-state index in [0.717, 1.165) is 11.1 Å². The normalized spacial score (nSPS) is 20.5. The number of hydrogen-bond acceptors (Lipinski definition) is 7. The lowest BCUT2D eigenvalue weighted by Crippen LogP contribution is -2.58. The highest BCUT2D eigenvalue weighted by Gasteiger charge is 2.36. The van der Waals surface area contributed by atoms with Crippen LogP contribution >= 0.6 is 0 Å². The molecule has 0 aliphatic carbocycles. The molecule has 4 heterocycles. The van der Waals surface area contributed by atoms with E-state index in [2.05, 4.69) is 10.6 Å². The highest BCUT2D eigenvalue weighted by Crippen LogP contribution is 2.35. The summed E-state index contributed by atoms with van der Waals surface area (Å²) in [5.74, 6) is 1.28. The van der Waals surface area contributed by atoms with Gasteiger partial charge in [-0.2, -0.15) is 0 Å². The SMILES string of the molecule is Cc1ccc2cc1OCC(=O)NCc1ccc(cc1)O[C@H]1CCN(C(=O)c3cccc4c3OCCO4)C[C@@H]1NC2=O. The number of likely N-dealkylation sites (tertiary alicyclic amines) is 1. The lowest BCUT2D eigenvalue weighted by Gasteiger charge is -2.39. The fourth-order valence-corrected chi connectivity index (χ4v) is 5.21. The van der Waals surface area contributed by atoms with E-state index < -0.39 is 6.04 Å². The summed E-state index contributed by atoms with van der Waals surface area (Å²) in [4.78, 5) is 41.2. The maximum absolute atomic E-state index is 13.7. The number of ether oxygens (including phenoxy) is 4. The van der Waals surface area contributed by atoms with E-state index in [1.54, 1.807) is 41.3 Å². The molecular formula is C31H31N3O7. The lowest BCUT2D eigenvalue weighted by molar-refractivity contribution is -0.123. The predicted molar refractivity (Wildman–Crippen MR) is 149 cm³/mol. The van der Waals surface area contributed by atoms with Gasteiger partial charge in [-0.05, 0) is 54.4 Å². The maximum atomic E-state index is 13.7. The van der Waals surface area contributed by atoms with Crippen molar-refractivity contribution in [3.63, 3.8) is 0 Å². The molecule has 3 amide bonds. The first-order valence-electron chi connectivity index (χ1n) is 13.7. The third-order valence-corrected chi connectivity index (χ3v) is 7.46. The summed E-state index contributed by atoms with van der Waals surface area (Å²) in [5.41, 5.74) is 2.52. The van der Waals surface area contributed by atoms with Crippen LogP contribution in [0.15, 0.2) is 60.7 Å². The summed E-state index contributed by atoms with van der Waals surface area (Å²) in [6.45, 7) is 3.51. The smallest absolute Gasteiger partial charge is 0.258 e. The topological polar surface area (TPSA) is 115 Å². The van der Waals surface area contributed by atoms with Gasteiger partial charge in [0.2, 0.25) is 0 Å². The van der Waals surface area contributed by atoms with Gasteiger partial charge in [0.1, 0.15) is 30.8 Å². The van der Waals surface area contributed by atoms with E-state index in [4.69, 9.17) is 18.9 Å². The van der Waals surface area contributed by atoms with Crippen molar-refractivity contribution in [2.45, 2.75) is 32.0 Å². The number of hydrogen-bond donors (Lipinski definition) is 2. The predicted octanol–water partition coefficient (Wildman–Crippen LogP) is 2.87. The van der Waals surface area contributed by atoms with Crippen molar-refractivity contribution < 1.29 is 33.3 Å². The standard InChI is InChI=1S/C31H31N3O7/c1-19-5-8-21-15-27(19)40-18-28(35)32-16-20-6-9-22(10-7-20)41-25-11-12-34(17-24(25)33-30(21)36)31(37)23-3-2-4-26-29(23)39-14-13-38-26/h2-10,15,24-25H,11-14,16-18H2,1H3,(H,32,35)(H,33,36)/t24-,25-/m0/s1. The molecule has 3 aromatic carbocycles. The Morgan fingerprint density at radius 2 is 1.78 bits per heavy atom. The summed E-state index contributed by atoms with van der Waals surface area (Å²) < 4.78 is 23.6. The Morgan fingerprint density at radius 1 is 0.951 bits per heavy atom. The van der Waals surface area contributed by atoms with Crippen LogP contribution in [-0.4, -0.2) is 67.7 Å². The molecule has 4 bridgehead atoms. The van der Waals surface area contributed by atoms with Crippen molar-refractivity contribution in [3.8, 4) is 23.0 Å². The van der Waals surface area contributed by atoms with E-state index in [0.29, 0.717) is 66.8 Å². The molecule has 0 saturated carbocycles. The Kier molecular flexibility index (Phi) is 7.37. The molecule has 2 N–H and O–H groups in total. The summed E-state index contributed by atoms with van der Waals surface area (Å²) in [7, 11) is 0. The van der Waals surface area contributed by atoms with Crippen LogP contribution in [0, 0.1) is 6.92 Å². The van der Waals surface area contributed by atoms with Crippen LogP contribution in [0.3, 0.4) is 0 Å². The first-order valence-corrected chi connectivity index (χ1v) is 13.7. The van der Waals surface area contributed by atoms with Crippen LogP contribution in [-0.2, 0) is 11.3 Å². The molecule has 3 aromatic rings. The molecule has 1 fully saturated rings. The highest BCUT2D eigenvalue weighted by atomic mass is 16.6. The molecule has 4 aliphatic heterocycles. The van der Waals surface area contributed by atoms with Crippen LogP contribution < -0.4 is 29.6 Å². The maximum Gasteiger partial charge on any atom is 0.258 e. The molecule has 2 atom stereocenters. The van der Waals surface area contributed by atoms with Gasteiger partial charge in [0.15, 0.2) is 18.1 Å². The van der Waals surface area contributed by atoms with Crippen molar-refractivity contribution >= 4 is 17.7 Å². The largest absolute Gasteiger partial charge is 0.488 e. The number of fused-ring (bicyclic) bond motifs is 8. The summed E-state index contributed by atoms with van der Waals surface area (Å²) in [6.07, 6.45) is 0.123. The molecule has 10 nitrogen and oxygen atoms in total. The molecule has 212 valence electrons. The number of nitrogens with one attached hydrogen (secondary N) is 2. The van der Waals surface area contributed by atoms with Gasteiger partial charge in [-0.25, -0.2) is 0 Å². The van der Waals surface area contributed by atoms with Gasteiger partial charge in [0.25, 0.3) is 17.7 Å². The quantitative estimate of drug-likeness (QED) is 0.473. The van der Waals surface area contributed by atoms with Crippen LogP contribution in [0.25, 0.3) is 0 Å². The van der Waals surface area contributed by atoms with Crippen molar-refractivity contribution in [3.05, 3.63) is 82.9 Å². The number of amides is 3.